The number of nitrogens with zero attached hydrogens (tertiary/aromatic N) is 3. The number of amides is 1. The van der Waals surface area contributed by atoms with Crippen molar-refractivity contribution in [1.29, 1.82) is 5.26 Å². The third-order valence-electron chi connectivity index (χ3n) is 5.41. The third-order valence-corrected chi connectivity index (χ3v) is 6.30. The summed E-state index contributed by atoms with van der Waals surface area (Å²) in [7, 11) is 1.44. The fourth-order valence-corrected chi connectivity index (χ4v) is 3.91. The largest absolute Gasteiger partial charge is 0.493 e. The third kappa shape index (κ3) is 7.45. The predicted octanol–water partition coefficient (Wildman–Crippen LogP) is 6.08. The summed E-state index contributed by atoms with van der Waals surface area (Å²) in [5, 5.41) is 16.2. The molecule has 1 aromatic heterocycles. The minimum absolute atomic E-state index is 0.159. The van der Waals surface area contributed by atoms with Gasteiger partial charge in [-0.2, -0.15) is 18.4 Å². The second-order valence-corrected chi connectivity index (χ2v) is 8.97. The van der Waals surface area contributed by atoms with E-state index in [0.29, 0.717) is 29.6 Å². The zero-order valence-corrected chi connectivity index (χ0v) is 21.7. The van der Waals surface area contributed by atoms with Gasteiger partial charge in [-0.15, -0.1) is 10.2 Å². The van der Waals surface area contributed by atoms with Crippen LogP contribution in [0.1, 0.15) is 42.3 Å². The van der Waals surface area contributed by atoms with Gasteiger partial charge < -0.3 is 14.2 Å². The molecule has 38 heavy (non-hydrogen) atoms. The first-order valence-electron chi connectivity index (χ1n) is 11.5. The number of methoxy groups -OCH3 is 1. The molecule has 3 rings (SSSR count). The average molecular weight is 547 g/mol. The first kappa shape index (κ1) is 28.5. The molecule has 0 bridgehead atoms. The standard InChI is InChI=1S/C26H25F3N4O4S/c1-4-16(2)19-7-5-6-8-20(19)36-11-12-37-21-10-9-17(14-22(21)35-3)13-18(15-30)23(34)31-25-33-32-24(38-25)26(27,28)29/h5-10,13-14,16H,4,11-12H2,1-3H3,(H,31,33,34). The van der Waals surface area contributed by atoms with Crippen molar-refractivity contribution < 1.29 is 32.2 Å². The highest BCUT2D eigenvalue weighted by Gasteiger charge is 2.35. The van der Waals surface area contributed by atoms with E-state index in [4.69, 9.17) is 14.2 Å². The number of nitriles is 1. The van der Waals surface area contributed by atoms with Crippen LogP contribution >= 0.6 is 11.3 Å². The van der Waals surface area contributed by atoms with Crippen molar-refractivity contribution in [1.82, 2.24) is 10.2 Å². The van der Waals surface area contributed by atoms with Crippen LogP contribution in [0, 0.1) is 11.3 Å². The molecule has 0 aliphatic heterocycles. The lowest BCUT2D eigenvalue weighted by molar-refractivity contribution is -0.138. The molecule has 12 heteroatoms. The van der Waals surface area contributed by atoms with E-state index in [1.807, 2.05) is 24.3 Å². The Morgan fingerprint density at radius 3 is 2.47 bits per heavy atom. The number of nitrogens with one attached hydrogen (secondary N) is 1. The molecule has 8 nitrogen and oxygen atoms in total. The minimum atomic E-state index is -4.68. The molecule has 3 aromatic rings. The maximum absolute atomic E-state index is 12.7. The summed E-state index contributed by atoms with van der Waals surface area (Å²) in [4.78, 5) is 12.4. The van der Waals surface area contributed by atoms with Gasteiger partial charge in [-0.25, -0.2) is 0 Å². The summed E-state index contributed by atoms with van der Waals surface area (Å²) >= 11 is 0.159. The van der Waals surface area contributed by atoms with Gasteiger partial charge in [-0.1, -0.05) is 49.4 Å². The quantitative estimate of drug-likeness (QED) is 0.176. The fraction of sp³-hybridized carbons (Fsp3) is 0.308. The van der Waals surface area contributed by atoms with Crippen LogP contribution in [0.25, 0.3) is 6.08 Å². The summed E-state index contributed by atoms with van der Waals surface area (Å²) < 4.78 is 55.2. The Morgan fingerprint density at radius 2 is 1.84 bits per heavy atom. The highest BCUT2D eigenvalue weighted by atomic mass is 32.1. The number of ether oxygens (including phenoxy) is 3. The molecule has 2 aromatic carbocycles. The summed E-state index contributed by atoms with van der Waals surface area (Å²) in [5.41, 5.74) is 1.22. The normalized spacial score (nSPS) is 12.4. The lowest BCUT2D eigenvalue weighted by Crippen LogP contribution is -2.13. The van der Waals surface area contributed by atoms with Gasteiger partial charge in [0.1, 0.15) is 30.6 Å². The zero-order valence-electron chi connectivity index (χ0n) is 20.8. The molecule has 1 N–H and O–H groups in total. The van der Waals surface area contributed by atoms with Crippen molar-refractivity contribution in [2.45, 2.75) is 32.4 Å². The number of aromatic nitrogens is 2. The van der Waals surface area contributed by atoms with Crippen molar-refractivity contribution >= 4 is 28.5 Å². The Hall–Kier alpha value is -4.11. The van der Waals surface area contributed by atoms with Crippen LogP contribution in [0.4, 0.5) is 18.3 Å². The topological polar surface area (TPSA) is 106 Å². The number of anilines is 1. The van der Waals surface area contributed by atoms with Crippen LogP contribution in [-0.4, -0.2) is 36.4 Å². The molecule has 0 aliphatic rings. The molecule has 0 saturated carbocycles. The predicted molar refractivity (Wildman–Crippen MR) is 136 cm³/mol. The van der Waals surface area contributed by atoms with Gasteiger partial charge in [-0.05, 0) is 47.7 Å². The van der Waals surface area contributed by atoms with Crippen LogP contribution in [0.15, 0.2) is 48.0 Å². The molecule has 0 spiro atoms. The number of carbonyl (C=O) groups excluding carboxylic acids is 1. The van der Waals surface area contributed by atoms with E-state index in [2.05, 4.69) is 29.4 Å². The van der Waals surface area contributed by atoms with Gasteiger partial charge in [-0.3, -0.25) is 10.1 Å². The van der Waals surface area contributed by atoms with E-state index in [9.17, 15) is 23.2 Å². The summed E-state index contributed by atoms with van der Waals surface area (Å²) in [6.45, 7) is 4.81. The Bertz CT molecular complexity index is 1330. The molecule has 1 unspecified atom stereocenters. The van der Waals surface area contributed by atoms with E-state index in [1.165, 1.54) is 13.2 Å². The van der Waals surface area contributed by atoms with Crippen LogP contribution in [0.5, 0.6) is 17.2 Å². The van der Waals surface area contributed by atoms with Gasteiger partial charge in [0.25, 0.3) is 5.91 Å². The second kappa shape index (κ2) is 12.9. The number of hydrogen-bond donors (Lipinski definition) is 1. The molecular weight excluding hydrogens is 521 g/mol. The minimum Gasteiger partial charge on any atom is -0.493 e. The SMILES string of the molecule is CCC(C)c1ccccc1OCCOc1ccc(C=C(C#N)C(=O)Nc2nnc(C(F)(F)F)s2)cc1OC. The number of alkyl halides is 3. The number of rotatable bonds is 11. The Labute approximate surface area is 221 Å². The van der Waals surface area contributed by atoms with E-state index in [-0.39, 0.29) is 28.6 Å². The van der Waals surface area contributed by atoms with Crippen LogP contribution in [-0.2, 0) is 11.0 Å². The molecular formula is C26H25F3N4O4S. The van der Waals surface area contributed by atoms with Gasteiger partial charge in [0.05, 0.1) is 7.11 Å². The first-order chi connectivity index (χ1) is 18.2. The van der Waals surface area contributed by atoms with Gasteiger partial charge in [0.2, 0.25) is 10.1 Å². The Kier molecular flexibility index (Phi) is 9.67. The van der Waals surface area contributed by atoms with Crippen molar-refractivity contribution in [2.75, 3.05) is 25.6 Å². The number of benzene rings is 2. The molecule has 1 amide bonds. The van der Waals surface area contributed by atoms with E-state index < -0.39 is 17.1 Å². The van der Waals surface area contributed by atoms with Crippen LogP contribution in [0.3, 0.4) is 0 Å². The van der Waals surface area contributed by atoms with Gasteiger partial charge >= 0.3 is 6.18 Å². The molecule has 0 fully saturated rings. The molecule has 0 saturated heterocycles. The zero-order chi connectivity index (χ0) is 27.7. The fourth-order valence-electron chi connectivity index (χ4n) is 3.30. The number of carbonyl (C=O) groups is 1. The van der Waals surface area contributed by atoms with E-state index >= 15 is 0 Å². The molecule has 0 aliphatic carbocycles. The smallest absolute Gasteiger partial charge is 0.445 e. The van der Waals surface area contributed by atoms with Gasteiger partial charge in [0, 0.05) is 0 Å². The maximum atomic E-state index is 12.7. The lowest BCUT2D eigenvalue weighted by Gasteiger charge is -2.16. The summed E-state index contributed by atoms with van der Waals surface area (Å²) in [6.07, 6.45) is -2.42. The summed E-state index contributed by atoms with van der Waals surface area (Å²) in [5.74, 6) is 1.04. The molecule has 0 radical (unpaired) electrons. The monoisotopic (exact) mass is 546 g/mol. The maximum Gasteiger partial charge on any atom is 0.445 e. The Morgan fingerprint density at radius 1 is 1.13 bits per heavy atom. The first-order valence-corrected chi connectivity index (χ1v) is 12.3. The molecule has 200 valence electrons. The highest BCUT2D eigenvalue weighted by molar-refractivity contribution is 7.15. The second-order valence-electron chi connectivity index (χ2n) is 7.99. The van der Waals surface area contributed by atoms with E-state index in [0.717, 1.165) is 17.7 Å². The number of hydrogen-bond acceptors (Lipinski definition) is 8. The van der Waals surface area contributed by atoms with Gasteiger partial charge in [0.15, 0.2) is 11.5 Å². The average Bonchev–Trinajstić information content (AvgIpc) is 3.39. The number of para-hydroxylation sites is 1. The van der Waals surface area contributed by atoms with Crippen molar-refractivity contribution in [3.05, 3.63) is 64.2 Å². The highest BCUT2D eigenvalue weighted by Crippen LogP contribution is 2.33. The molecule has 1 heterocycles. The number of halogens is 3. The van der Waals surface area contributed by atoms with Crippen LogP contribution < -0.4 is 19.5 Å². The Balaban J connectivity index is 1.64. The van der Waals surface area contributed by atoms with Crippen molar-refractivity contribution in [3.63, 3.8) is 0 Å². The van der Waals surface area contributed by atoms with E-state index in [1.54, 1.807) is 24.3 Å². The van der Waals surface area contributed by atoms with Crippen LogP contribution in [0.2, 0.25) is 0 Å². The van der Waals surface area contributed by atoms with Crippen molar-refractivity contribution in [3.8, 4) is 23.3 Å². The lowest BCUT2D eigenvalue weighted by atomic mass is 9.98. The summed E-state index contributed by atoms with van der Waals surface area (Å²) in [6, 6.07) is 14.4. The molecule has 1 atom stereocenters. The van der Waals surface area contributed by atoms with Crippen molar-refractivity contribution in [2.24, 2.45) is 0 Å².